The monoisotopic (exact) mass is 303 g/mol. The highest BCUT2D eigenvalue weighted by Crippen LogP contribution is 2.39. The number of hydrogen-bond acceptors (Lipinski definition) is 5. The van der Waals surface area contributed by atoms with E-state index in [1.165, 1.54) is 24.3 Å². The third-order valence-corrected chi connectivity index (χ3v) is 4.13. The predicted molar refractivity (Wildman–Crippen MR) is 84.4 cm³/mol. The zero-order valence-electron chi connectivity index (χ0n) is 11.7. The Morgan fingerprint density at radius 2 is 1.39 bits per heavy atom. The lowest BCUT2D eigenvalue weighted by molar-refractivity contribution is 0.0980. The second-order valence-corrected chi connectivity index (χ2v) is 5.31. The molecule has 5 nitrogen and oxygen atoms in total. The zero-order chi connectivity index (χ0) is 16.1. The molecule has 0 bridgehead atoms. The van der Waals surface area contributed by atoms with Crippen LogP contribution >= 0.6 is 0 Å². The Bertz CT molecular complexity index is 1040. The number of carbonyl (C=O) groups is 2. The van der Waals surface area contributed by atoms with Crippen molar-refractivity contribution in [3.05, 3.63) is 75.7 Å². The fraction of sp³-hybridized carbons (Fsp3) is 0. The highest BCUT2D eigenvalue weighted by atomic mass is 16.3. The molecule has 0 aromatic heterocycles. The molecule has 3 aromatic rings. The zero-order valence-corrected chi connectivity index (χ0v) is 11.7. The van der Waals surface area contributed by atoms with E-state index in [-0.39, 0.29) is 28.6 Å². The molecule has 23 heavy (non-hydrogen) atoms. The van der Waals surface area contributed by atoms with Crippen LogP contribution in [0.2, 0.25) is 0 Å². The maximum Gasteiger partial charge on any atom is 0.195 e. The Balaban J connectivity index is 2.13. The van der Waals surface area contributed by atoms with Crippen LogP contribution in [0.25, 0.3) is 10.8 Å². The molecule has 4 rings (SSSR count). The molecule has 0 fully saturated rings. The van der Waals surface area contributed by atoms with Crippen molar-refractivity contribution in [1.82, 2.24) is 0 Å². The van der Waals surface area contributed by atoms with Crippen molar-refractivity contribution in [2.24, 2.45) is 5.18 Å². The van der Waals surface area contributed by atoms with E-state index < -0.39 is 0 Å². The van der Waals surface area contributed by atoms with Gasteiger partial charge in [-0.1, -0.05) is 30.3 Å². The van der Waals surface area contributed by atoms with E-state index in [9.17, 15) is 19.6 Å². The number of phenols is 1. The van der Waals surface area contributed by atoms with Crippen molar-refractivity contribution in [3.8, 4) is 5.75 Å². The second kappa shape index (κ2) is 4.58. The molecule has 0 saturated heterocycles. The number of nitrogens with zero attached hydrogens (tertiary/aromatic N) is 1. The number of ketones is 2. The third-order valence-electron chi connectivity index (χ3n) is 4.13. The van der Waals surface area contributed by atoms with Gasteiger partial charge in [0.1, 0.15) is 5.75 Å². The molecule has 110 valence electrons. The maximum atomic E-state index is 12.8. The maximum absolute atomic E-state index is 12.8. The molecule has 0 spiro atoms. The average Bonchev–Trinajstić information content (AvgIpc) is 2.58. The minimum atomic E-state index is -0.275. The van der Waals surface area contributed by atoms with E-state index in [0.717, 1.165) is 0 Å². The van der Waals surface area contributed by atoms with Crippen LogP contribution in [0.4, 0.5) is 5.69 Å². The number of hydrogen-bond donors (Lipinski definition) is 1. The third kappa shape index (κ3) is 1.67. The largest absolute Gasteiger partial charge is 0.506 e. The van der Waals surface area contributed by atoms with Crippen molar-refractivity contribution in [1.29, 1.82) is 0 Å². The quantitative estimate of drug-likeness (QED) is 0.543. The Hall–Kier alpha value is -3.34. The van der Waals surface area contributed by atoms with E-state index >= 15 is 0 Å². The van der Waals surface area contributed by atoms with Crippen LogP contribution in [0.5, 0.6) is 5.75 Å². The van der Waals surface area contributed by atoms with Gasteiger partial charge in [-0.25, -0.2) is 0 Å². The number of benzene rings is 3. The molecule has 0 saturated carbocycles. The molecule has 0 radical (unpaired) electrons. The molecule has 0 atom stereocenters. The summed E-state index contributed by atoms with van der Waals surface area (Å²) in [6, 6.07) is 12.5. The number of nitroso groups, excluding NO2 is 1. The van der Waals surface area contributed by atoms with Crippen LogP contribution in [0.3, 0.4) is 0 Å². The molecular weight excluding hydrogens is 294 g/mol. The number of carbonyl (C=O) groups excluding carboxylic acids is 2. The van der Waals surface area contributed by atoms with Gasteiger partial charge in [-0.15, -0.1) is 4.91 Å². The summed E-state index contributed by atoms with van der Waals surface area (Å²) in [4.78, 5) is 36.5. The minimum absolute atomic E-state index is 0.135. The van der Waals surface area contributed by atoms with Gasteiger partial charge >= 0.3 is 0 Å². The molecule has 0 amide bonds. The summed E-state index contributed by atoms with van der Waals surface area (Å²) >= 11 is 0. The Kier molecular flexibility index (Phi) is 2.65. The van der Waals surface area contributed by atoms with E-state index in [0.29, 0.717) is 27.5 Å². The fourth-order valence-electron chi connectivity index (χ4n) is 3.07. The summed E-state index contributed by atoms with van der Waals surface area (Å²) in [5.41, 5.74) is 1.12. The van der Waals surface area contributed by atoms with E-state index in [4.69, 9.17) is 0 Å². The highest BCUT2D eigenvalue weighted by Gasteiger charge is 2.31. The van der Waals surface area contributed by atoms with Gasteiger partial charge in [0.05, 0.1) is 0 Å². The SMILES string of the molecule is O=Nc1c(O)ccc2c3c(ccc12)C(=O)c1ccccc1C3=O. The minimum Gasteiger partial charge on any atom is -0.506 e. The van der Waals surface area contributed by atoms with E-state index in [1.807, 2.05) is 0 Å². The van der Waals surface area contributed by atoms with Gasteiger partial charge in [-0.05, 0) is 28.8 Å². The highest BCUT2D eigenvalue weighted by molar-refractivity contribution is 6.32. The number of rotatable bonds is 1. The Morgan fingerprint density at radius 1 is 0.739 bits per heavy atom. The van der Waals surface area contributed by atoms with Crippen LogP contribution < -0.4 is 0 Å². The van der Waals surface area contributed by atoms with Crippen molar-refractivity contribution in [2.45, 2.75) is 0 Å². The second-order valence-electron chi connectivity index (χ2n) is 5.31. The summed E-state index contributed by atoms with van der Waals surface area (Å²) in [6.45, 7) is 0. The van der Waals surface area contributed by atoms with Crippen LogP contribution in [0.1, 0.15) is 31.8 Å². The van der Waals surface area contributed by atoms with Crippen molar-refractivity contribution in [2.75, 3.05) is 0 Å². The first-order valence-corrected chi connectivity index (χ1v) is 6.94. The topological polar surface area (TPSA) is 83.8 Å². The normalized spacial score (nSPS) is 12.9. The standard InChI is InChI=1S/C18H9NO4/c20-14-8-7-9-10(16(14)19-23)5-6-13-15(9)18(22)12-4-2-1-3-11(12)17(13)21/h1-8,20H. The first kappa shape index (κ1) is 13.3. The first-order valence-electron chi connectivity index (χ1n) is 6.94. The van der Waals surface area contributed by atoms with Gasteiger partial charge in [-0.2, -0.15) is 0 Å². The average molecular weight is 303 g/mol. The van der Waals surface area contributed by atoms with Crippen LogP contribution in [0.15, 0.2) is 53.7 Å². The molecular formula is C18H9NO4. The van der Waals surface area contributed by atoms with Crippen molar-refractivity contribution >= 4 is 28.0 Å². The number of phenolic OH excluding ortho intramolecular Hbond substituents is 1. The smallest absolute Gasteiger partial charge is 0.195 e. The first-order chi connectivity index (χ1) is 11.1. The van der Waals surface area contributed by atoms with Gasteiger partial charge in [0.15, 0.2) is 17.3 Å². The van der Waals surface area contributed by atoms with Crippen LogP contribution in [0, 0.1) is 4.91 Å². The van der Waals surface area contributed by atoms with E-state index in [1.54, 1.807) is 24.3 Å². The Morgan fingerprint density at radius 3 is 2.09 bits per heavy atom. The molecule has 0 aliphatic heterocycles. The molecule has 0 unspecified atom stereocenters. The lowest BCUT2D eigenvalue weighted by Crippen LogP contribution is -2.21. The molecule has 1 N–H and O–H groups in total. The lowest BCUT2D eigenvalue weighted by Gasteiger charge is -2.19. The Labute approximate surface area is 130 Å². The van der Waals surface area contributed by atoms with Gasteiger partial charge in [0.25, 0.3) is 0 Å². The molecule has 1 aliphatic rings. The summed E-state index contributed by atoms with van der Waals surface area (Å²) in [5.74, 6) is -0.767. The summed E-state index contributed by atoms with van der Waals surface area (Å²) < 4.78 is 0. The molecule has 3 aromatic carbocycles. The van der Waals surface area contributed by atoms with Gasteiger partial charge in [0, 0.05) is 27.6 Å². The number of aromatic hydroxyl groups is 1. The van der Waals surface area contributed by atoms with Gasteiger partial charge in [0.2, 0.25) is 0 Å². The summed E-state index contributed by atoms with van der Waals surface area (Å²) in [7, 11) is 0. The lowest BCUT2D eigenvalue weighted by atomic mass is 9.81. The van der Waals surface area contributed by atoms with Gasteiger partial charge in [-0.3, -0.25) is 9.59 Å². The fourth-order valence-corrected chi connectivity index (χ4v) is 3.07. The number of fused-ring (bicyclic) bond motifs is 4. The van der Waals surface area contributed by atoms with Gasteiger partial charge < -0.3 is 5.11 Å². The van der Waals surface area contributed by atoms with Crippen LogP contribution in [-0.2, 0) is 0 Å². The summed E-state index contributed by atoms with van der Waals surface area (Å²) in [6.07, 6.45) is 0. The van der Waals surface area contributed by atoms with Crippen molar-refractivity contribution < 1.29 is 14.7 Å². The van der Waals surface area contributed by atoms with Crippen LogP contribution in [-0.4, -0.2) is 16.7 Å². The van der Waals surface area contributed by atoms with E-state index in [2.05, 4.69) is 5.18 Å². The van der Waals surface area contributed by atoms with Crippen molar-refractivity contribution in [3.63, 3.8) is 0 Å². The molecule has 0 heterocycles. The summed E-state index contributed by atoms with van der Waals surface area (Å²) in [5, 5.41) is 13.4. The molecule has 1 aliphatic carbocycles. The molecule has 5 heteroatoms. The predicted octanol–water partition coefficient (Wildman–Crippen LogP) is 3.72.